The molecule has 0 fully saturated rings. The summed E-state index contributed by atoms with van der Waals surface area (Å²) >= 11 is 6.12. The molecule has 2 aromatic rings. The van der Waals surface area contributed by atoms with Crippen LogP contribution in [0.5, 0.6) is 5.75 Å². The van der Waals surface area contributed by atoms with Gasteiger partial charge >= 0.3 is 0 Å². The van der Waals surface area contributed by atoms with Crippen molar-refractivity contribution in [3.05, 3.63) is 58.6 Å². The lowest BCUT2D eigenvalue weighted by Gasteiger charge is -2.32. The summed E-state index contributed by atoms with van der Waals surface area (Å²) in [5, 5.41) is 3.25. The SMILES string of the molecule is CC[C@@H](C)NC(=O)[C@H](C)N(Cc1cccc(OC)c1)C(=O)CN(c1cc(Cl)ccc1C)S(C)(=O)=O. The molecule has 192 valence electrons. The highest BCUT2D eigenvalue weighted by Crippen LogP contribution is 2.27. The molecular weight excluding hydrogens is 490 g/mol. The molecule has 0 aliphatic rings. The van der Waals surface area contributed by atoms with Crippen LogP contribution in [0.4, 0.5) is 5.69 Å². The van der Waals surface area contributed by atoms with Gasteiger partial charge in [-0.15, -0.1) is 0 Å². The number of carbonyl (C=O) groups is 2. The zero-order valence-electron chi connectivity index (χ0n) is 21.0. The maximum atomic E-state index is 13.6. The van der Waals surface area contributed by atoms with Crippen molar-refractivity contribution in [1.82, 2.24) is 10.2 Å². The van der Waals surface area contributed by atoms with E-state index in [2.05, 4.69) is 5.32 Å². The molecule has 0 bridgehead atoms. The van der Waals surface area contributed by atoms with E-state index in [1.807, 2.05) is 19.9 Å². The highest BCUT2D eigenvalue weighted by atomic mass is 35.5. The minimum Gasteiger partial charge on any atom is -0.497 e. The maximum absolute atomic E-state index is 13.6. The lowest BCUT2D eigenvalue weighted by molar-refractivity contribution is -0.139. The van der Waals surface area contributed by atoms with Crippen molar-refractivity contribution in [3.63, 3.8) is 0 Å². The molecule has 0 heterocycles. The normalized spacial score (nSPS) is 13.0. The predicted octanol–water partition coefficient (Wildman–Crippen LogP) is 3.76. The van der Waals surface area contributed by atoms with Gasteiger partial charge in [0.05, 0.1) is 19.1 Å². The van der Waals surface area contributed by atoms with E-state index in [-0.39, 0.29) is 18.5 Å². The molecule has 0 saturated heterocycles. The molecule has 2 rings (SSSR count). The fourth-order valence-corrected chi connectivity index (χ4v) is 4.53. The van der Waals surface area contributed by atoms with Crippen molar-refractivity contribution >= 4 is 39.1 Å². The van der Waals surface area contributed by atoms with Gasteiger partial charge in [-0.2, -0.15) is 0 Å². The standard InChI is InChI=1S/C25H34ClN3O5S/c1-7-18(3)27-25(31)19(4)28(15-20-9-8-10-22(13-20)34-5)24(30)16-29(35(6,32)33)23-14-21(26)12-11-17(23)2/h8-14,18-19H,7,15-16H2,1-6H3,(H,27,31)/t18-,19+/m1/s1. The molecule has 0 saturated carbocycles. The van der Waals surface area contributed by atoms with E-state index in [4.69, 9.17) is 16.3 Å². The third-order valence-corrected chi connectivity index (χ3v) is 7.14. The molecular formula is C25H34ClN3O5S. The van der Waals surface area contributed by atoms with Gasteiger partial charge in [0.2, 0.25) is 21.8 Å². The number of amides is 2. The predicted molar refractivity (Wildman–Crippen MR) is 139 cm³/mol. The Balaban J connectivity index is 2.44. The molecule has 0 spiro atoms. The van der Waals surface area contributed by atoms with Crippen LogP contribution >= 0.6 is 11.6 Å². The van der Waals surface area contributed by atoms with Crippen LogP contribution in [0.2, 0.25) is 5.02 Å². The van der Waals surface area contributed by atoms with Gasteiger partial charge in [-0.3, -0.25) is 13.9 Å². The van der Waals surface area contributed by atoms with Gasteiger partial charge in [0, 0.05) is 17.6 Å². The smallest absolute Gasteiger partial charge is 0.244 e. The summed E-state index contributed by atoms with van der Waals surface area (Å²) in [4.78, 5) is 27.9. The topological polar surface area (TPSA) is 96.0 Å². The average Bonchev–Trinajstić information content (AvgIpc) is 2.81. The number of aryl methyl sites for hydroxylation is 1. The molecule has 2 atom stereocenters. The van der Waals surface area contributed by atoms with Crippen LogP contribution in [0.1, 0.15) is 38.3 Å². The second-order valence-corrected chi connectivity index (χ2v) is 10.9. The van der Waals surface area contributed by atoms with E-state index < -0.39 is 28.5 Å². The molecule has 35 heavy (non-hydrogen) atoms. The second-order valence-electron chi connectivity index (χ2n) is 8.57. The number of nitrogens with zero attached hydrogens (tertiary/aromatic N) is 2. The van der Waals surface area contributed by atoms with E-state index in [1.54, 1.807) is 51.3 Å². The molecule has 0 aliphatic carbocycles. The number of carbonyl (C=O) groups excluding carboxylic acids is 2. The van der Waals surface area contributed by atoms with Crippen molar-refractivity contribution in [2.45, 2.75) is 52.7 Å². The summed E-state index contributed by atoms with van der Waals surface area (Å²) < 4.78 is 31.7. The Morgan fingerprint density at radius 2 is 1.83 bits per heavy atom. The summed E-state index contributed by atoms with van der Waals surface area (Å²) in [5.74, 6) is -0.233. The summed E-state index contributed by atoms with van der Waals surface area (Å²) in [5.41, 5.74) is 1.70. The van der Waals surface area contributed by atoms with Crippen molar-refractivity contribution in [1.29, 1.82) is 0 Å². The zero-order valence-corrected chi connectivity index (χ0v) is 22.6. The Kier molecular flexibility index (Phi) is 9.97. The largest absolute Gasteiger partial charge is 0.497 e. The van der Waals surface area contributed by atoms with Gasteiger partial charge in [-0.05, 0) is 62.6 Å². The number of hydrogen-bond donors (Lipinski definition) is 1. The minimum atomic E-state index is -3.83. The summed E-state index contributed by atoms with van der Waals surface area (Å²) in [6, 6.07) is 11.1. The second kappa shape index (κ2) is 12.3. The number of ether oxygens (including phenoxy) is 1. The Labute approximate surface area is 213 Å². The monoisotopic (exact) mass is 523 g/mol. The highest BCUT2D eigenvalue weighted by molar-refractivity contribution is 7.92. The zero-order chi connectivity index (χ0) is 26.3. The van der Waals surface area contributed by atoms with E-state index in [0.717, 1.165) is 22.5 Å². The third-order valence-electron chi connectivity index (χ3n) is 5.77. The van der Waals surface area contributed by atoms with Gasteiger partial charge in [0.15, 0.2) is 0 Å². The van der Waals surface area contributed by atoms with Gasteiger partial charge in [-0.25, -0.2) is 8.42 Å². The van der Waals surface area contributed by atoms with Crippen molar-refractivity contribution < 1.29 is 22.7 Å². The van der Waals surface area contributed by atoms with Gasteiger partial charge in [-0.1, -0.05) is 36.7 Å². The third kappa shape index (κ3) is 7.86. The quantitative estimate of drug-likeness (QED) is 0.484. The highest BCUT2D eigenvalue weighted by Gasteiger charge is 2.31. The van der Waals surface area contributed by atoms with E-state index >= 15 is 0 Å². The van der Waals surface area contributed by atoms with Crippen LogP contribution in [0.15, 0.2) is 42.5 Å². The van der Waals surface area contributed by atoms with Crippen LogP contribution in [-0.4, -0.2) is 57.1 Å². The molecule has 10 heteroatoms. The van der Waals surface area contributed by atoms with Gasteiger partial charge < -0.3 is 15.0 Å². The van der Waals surface area contributed by atoms with E-state index in [0.29, 0.717) is 22.0 Å². The first-order valence-corrected chi connectivity index (χ1v) is 13.6. The Hall–Kier alpha value is -2.78. The lowest BCUT2D eigenvalue weighted by Crippen LogP contribution is -2.52. The van der Waals surface area contributed by atoms with Crippen LogP contribution in [0, 0.1) is 6.92 Å². The van der Waals surface area contributed by atoms with Crippen molar-refractivity contribution in [3.8, 4) is 5.75 Å². The van der Waals surface area contributed by atoms with Gasteiger partial charge in [0.1, 0.15) is 18.3 Å². The lowest BCUT2D eigenvalue weighted by atomic mass is 10.1. The Bertz CT molecular complexity index is 1160. The summed E-state index contributed by atoms with van der Waals surface area (Å²) in [6.07, 6.45) is 1.77. The summed E-state index contributed by atoms with van der Waals surface area (Å²) in [7, 11) is -2.29. The fourth-order valence-electron chi connectivity index (χ4n) is 3.46. The van der Waals surface area contributed by atoms with Crippen LogP contribution < -0.4 is 14.4 Å². The number of anilines is 1. The van der Waals surface area contributed by atoms with Crippen molar-refractivity contribution in [2.75, 3.05) is 24.2 Å². The molecule has 2 aromatic carbocycles. The van der Waals surface area contributed by atoms with Crippen molar-refractivity contribution in [2.24, 2.45) is 0 Å². The van der Waals surface area contributed by atoms with Crippen LogP contribution in [0.25, 0.3) is 0 Å². The van der Waals surface area contributed by atoms with Gasteiger partial charge in [0.25, 0.3) is 0 Å². The summed E-state index contributed by atoms with van der Waals surface area (Å²) in [6.45, 7) is 6.82. The first-order chi connectivity index (χ1) is 16.4. The van der Waals surface area contributed by atoms with E-state index in [1.165, 1.54) is 11.0 Å². The molecule has 0 aliphatic heterocycles. The Morgan fingerprint density at radius 1 is 1.14 bits per heavy atom. The molecule has 0 radical (unpaired) electrons. The number of benzene rings is 2. The number of rotatable bonds is 11. The first kappa shape index (κ1) is 28.5. The molecule has 1 N–H and O–H groups in total. The molecule has 0 unspecified atom stereocenters. The first-order valence-electron chi connectivity index (χ1n) is 11.3. The number of sulfonamides is 1. The van der Waals surface area contributed by atoms with Crippen LogP contribution in [-0.2, 0) is 26.2 Å². The number of methoxy groups -OCH3 is 1. The minimum absolute atomic E-state index is 0.0691. The van der Waals surface area contributed by atoms with E-state index in [9.17, 15) is 18.0 Å². The number of nitrogens with one attached hydrogen (secondary N) is 1. The van der Waals surface area contributed by atoms with Crippen LogP contribution in [0.3, 0.4) is 0 Å². The molecule has 0 aromatic heterocycles. The fraction of sp³-hybridized carbons (Fsp3) is 0.440. The molecule has 8 nitrogen and oxygen atoms in total. The molecule has 2 amide bonds. The maximum Gasteiger partial charge on any atom is 0.244 e. The number of hydrogen-bond acceptors (Lipinski definition) is 5. The average molecular weight is 524 g/mol. The number of halogens is 1. The Morgan fingerprint density at radius 3 is 2.43 bits per heavy atom.